The molecule has 2 heterocycles. The van der Waals surface area contributed by atoms with Crippen LogP contribution in [-0.4, -0.2) is 24.6 Å². The van der Waals surface area contributed by atoms with E-state index in [1.54, 1.807) is 12.3 Å². The van der Waals surface area contributed by atoms with Gasteiger partial charge in [0.2, 0.25) is 0 Å². The van der Waals surface area contributed by atoms with Crippen LogP contribution in [0.4, 0.5) is 4.39 Å². The summed E-state index contributed by atoms with van der Waals surface area (Å²) in [7, 11) is 0. The largest absolute Gasteiger partial charge is 0.314 e. The Morgan fingerprint density at radius 2 is 2.38 bits per heavy atom. The number of hydrogen-bond donors (Lipinski definition) is 2. The van der Waals surface area contributed by atoms with Crippen molar-refractivity contribution in [2.24, 2.45) is 0 Å². The second kappa shape index (κ2) is 3.81. The number of pyridine rings is 1. The molecule has 1 saturated heterocycles. The van der Waals surface area contributed by atoms with Crippen LogP contribution in [0.1, 0.15) is 11.6 Å². The molecule has 0 spiro atoms. The van der Waals surface area contributed by atoms with Crippen LogP contribution >= 0.6 is 0 Å². The third-order valence-corrected chi connectivity index (χ3v) is 2.22. The Balaban J connectivity index is 2.18. The lowest BCUT2D eigenvalue weighted by molar-refractivity contribution is 0.416. The molecule has 0 unspecified atom stereocenters. The monoisotopic (exact) mass is 181 g/mol. The van der Waals surface area contributed by atoms with Crippen molar-refractivity contribution in [1.29, 1.82) is 0 Å². The summed E-state index contributed by atoms with van der Waals surface area (Å²) in [6.45, 7) is 2.61. The molecule has 0 saturated carbocycles. The van der Waals surface area contributed by atoms with Crippen molar-refractivity contribution in [2.45, 2.75) is 6.04 Å². The number of aromatic nitrogens is 1. The van der Waals surface area contributed by atoms with Gasteiger partial charge in [0.25, 0.3) is 0 Å². The Morgan fingerprint density at radius 1 is 1.46 bits per heavy atom. The average Bonchev–Trinajstić information content (AvgIpc) is 2.20. The first kappa shape index (κ1) is 8.59. The fourth-order valence-electron chi connectivity index (χ4n) is 1.54. The number of halogens is 1. The lowest BCUT2D eigenvalue weighted by atomic mass is 10.1. The minimum atomic E-state index is -0.233. The van der Waals surface area contributed by atoms with Crippen molar-refractivity contribution < 1.29 is 4.39 Å². The normalized spacial score (nSPS) is 23.0. The molecule has 70 valence electrons. The zero-order chi connectivity index (χ0) is 9.10. The maximum Gasteiger partial charge on any atom is 0.146 e. The summed E-state index contributed by atoms with van der Waals surface area (Å²) in [6.07, 6.45) is 2.88. The number of nitrogens with zero attached hydrogens (tertiary/aromatic N) is 1. The van der Waals surface area contributed by atoms with E-state index < -0.39 is 0 Å². The summed E-state index contributed by atoms with van der Waals surface area (Å²) in [6, 6.07) is 1.80. The third-order valence-electron chi connectivity index (χ3n) is 2.22. The van der Waals surface area contributed by atoms with Crippen LogP contribution in [0.25, 0.3) is 0 Å². The van der Waals surface area contributed by atoms with Gasteiger partial charge in [0, 0.05) is 37.4 Å². The van der Waals surface area contributed by atoms with E-state index in [1.165, 1.54) is 6.20 Å². The van der Waals surface area contributed by atoms with Gasteiger partial charge in [0.15, 0.2) is 0 Å². The van der Waals surface area contributed by atoms with Crippen molar-refractivity contribution in [3.63, 3.8) is 0 Å². The van der Waals surface area contributed by atoms with Gasteiger partial charge >= 0.3 is 0 Å². The lowest BCUT2D eigenvalue weighted by Crippen LogP contribution is -2.42. The van der Waals surface area contributed by atoms with Gasteiger partial charge in [-0.25, -0.2) is 4.39 Å². The van der Waals surface area contributed by atoms with Crippen LogP contribution in [0.2, 0.25) is 0 Å². The molecule has 1 aliphatic heterocycles. The van der Waals surface area contributed by atoms with Crippen LogP contribution in [0.15, 0.2) is 18.5 Å². The lowest BCUT2D eigenvalue weighted by Gasteiger charge is -2.24. The van der Waals surface area contributed by atoms with Gasteiger partial charge in [-0.05, 0) is 6.07 Å². The fourth-order valence-corrected chi connectivity index (χ4v) is 1.54. The van der Waals surface area contributed by atoms with Gasteiger partial charge in [-0.1, -0.05) is 0 Å². The topological polar surface area (TPSA) is 37.0 Å². The standard InChI is InChI=1S/C9H12FN3/c10-8-5-11-2-1-7(8)9-6-12-3-4-13-9/h1-2,5,9,12-13H,3-4,6H2/t9-/m0/s1. The van der Waals surface area contributed by atoms with E-state index in [-0.39, 0.29) is 11.9 Å². The number of piperazine rings is 1. The summed E-state index contributed by atoms with van der Waals surface area (Å²) >= 11 is 0. The van der Waals surface area contributed by atoms with E-state index in [9.17, 15) is 4.39 Å². The molecule has 0 aliphatic carbocycles. The molecule has 0 radical (unpaired) electrons. The molecule has 0 bridgehead atoms. The Kier molecular flexibility index (Phi) is 2.52. The molecule has 0 aromatic carbocycles. The van der Waals surface area contributed by atoms with Crippen LogP contribution in [0.5, 0.6) is 0 Å². The van der Waals surface area contributed by atoms with Crippen molar-refractivity contribution in [3.05, 3.63) is 29.8 Å². The second-order valence-corrected chi connectivity index (χ2v) is 3.11. The first-order valence-corrected chi connectivity index (χ1v) is 4.41. The molecule has 0 amide bonds. The molecule has 1 fully saturated rings. The highest BCUT2D eigenvalue weighted by Gasteiger charge is 2.17. The second-order valence-electron chi connectivity index (χ2n) is 3.11. The van der Waals surface area contributed by atoms with Crippen molar-refractivity contribution in [2.75, 3.05) is 19.6 Å². The summed E-state index contributed by atoms with van der Waals surface area (Å²) in [5.74, 6) is -0.233. The molecule has 4 heteroatoms. The summed E-state index contributed by atoms with van der Waals surface area (Å²) in [4.78, 5) is 3.72. The van der Waals surface area contributed by atoms with Crippen molar-refractivity contribution >= 4 is 0 Å². The average molecular weight is 181 g/mol. The van der Waals surface area contributed by atoms with Gasteiger partial charge in [0.1, 0.15) is 5.82 Å². The van der Waals surface area contributed by atoms with Crippen LogP contribution in [-0.2, 0) is 0 Å². The third kappa shape index (κ3) is 1.84. The molecule has 1 atom stereocenters. The van der Waals surface area contributed by atoms with Crippen molar-refractivity contribution in [1.82, 2.24) is 15.6 Å². The van der Waals surface area contributed by atoms with Crippen LogP contribution in [0.3, 0.4) is 0 Å². The zero-order valence-corrected chi connectivity index (χ0v) is 7.26. The molecular weight excluding hydrogens is 169 g/mol. The quantitative estimate of drug-likeness (QED) is 0.660. The predicted molar refractivity (Wildman–Crippen MR) is 47.8 cm³/mol. The maximum absolute atomic E-state index is 13.2. The molecule has 3 nitrogen and oxygen atoms in total. The summed E-state index contributed by atoms with van der Waals surface area (Å²) < 4.78 is 13.2. The van der Waals surface area contributed by atoms with Gasteiger partial charge in [-0.3, -0.25) is 4.98 Å². The first-order chi connectivity index (χ1) is 6.38. The van der Waals surface area contributed by atoms with E-state index in [2.05, 4.69) is 15.6 Å². The Hall–Kier alpha value is -1.00. The first-order valence-electron chi connectivity index (χ1n) is 4.41. The van der Waals surface area contributed by atoms with E-state index in [0.29, 0.717) is 5.56 Å². The highest BCUT2D eigenvalue weighted by Crippen LogP contribution is 2.15. The Labute approximate surface area is 76.4 Å². The Morgan fingerprint density at radius 3 is 3.08 bits per heavy atom. The van der Waals surface area contributed by atoms with E-state index >= 15 is 0 Å². The summed E-state index contributed by atoms with van der Waals surface area (Å²) in [5.41, 5.74) is 0.696. The van der Waals surface area contributed by atoms with Gasteiger partial charge < -0.3 is 10.6 Å². The predicted octanol–water partition coefficient (Wildman–Crippen LogP) is 0.455. The number of rotatable bonds is 1. The van der Waals surface area contributed by atoms with Gasteiger partial charge in [0.05, 0.1) is 6.20 Å². The molecule has 1 aromatic heterocycles. The van der Waals surface area contributed by atoms with Crippen LogP contribution in [0, 0.1) is 5.82 Å². The molecule has 13 heavy (non-hydrogen) atoms. The summed E-state index contributed by atoms with van der Waals surface area (Å²) in [5, 5.41) is 6.46. The SMILES string of the molecule is Fc1cnccc1[C@@H]1CNCCN1. The van der Waals surface area contributed by atoms with E-state index in [4.69, 9.17) is 0 Å². The van der Waals surface area contributed by atoms with Crippen molar-refractivity contribution in [3.8, 4) is 0 Å². The van der Waals surface area contributed by atoms with E-state index in [1.807, 2.05) is 0 Å². The minimum absolute atomic E-state index is 0.0803. The molecule has 2 rings (SSSR count). The molecule has 1 aromatic rings. The number of nitrogens with one attached hydrogen (secondary N) is 2. The zero-order valence-electron chi connectivity index (χ0n) is 7.26. The Bertz CT molecular complexity index is 284. The number of hydrogen-bond acceptors (Lipinski definition) is 3. The molecule has 2 N–H and O–H groups in total. The highest BCUT2D eigenvalue weighted by atomic mass is 19.1. The van der Waals surface area contributed by atoms with Gasteiger partial charge in [-0.2, -0.15) is 0 Å². The highest BCUT2D eigenvalue weighted by molar-refractivity contribution is 5.18. The van der Waals surface area contributed by atoms with Crippen LogP contribution < -0.4 is 10.6 Å². The maximum atomic E-state index is 13.2. The van der Waals surface area contributed by atoms with Gasteiger partial charge in [-0.15, -0.1) is 0 Å². The molecule has 1 aliphatic rings. The fraction of sp³-hybridized carbons (Fsp3) is 0.444. The van der Waals surface area contributed by atoms with E-state index in [0.717, 1.165) is 19.6 Å². The molecular formula is C9H12FN3. The minimum Gasteiger partial charge on any atom is -0.314 e. The smallest absolute Gasteiger partial charge is 0.146 e.